The zero-order chi connectivity index (χ0) is 46.3. The van der Waals surface area contributed by atoms with Gasteiger partial charge in [-0.05, 0) is 89.2 Å². The van der Waals surface area contributed by atoms with E-state index in [0.717, 1.165) is 59.2 Å². The third-order valence-corrected chi connectivity index (χ3v) is 12.6. The van der Waals surface area contributed by atoms with Crippen LogP contribution >= 0.6 is 0 Å². The number of carbonyl (C=O) groups is 4. The Kier molecular flexibility index (Phi) is 14.4. The molecule has 2 N–H and O–H groups in total. The van der Waals surface area contributed by atoms with Crippen molar-refractivity contribution < 1.29 is 28.7 Å². The molecule has 0 aliphatic carbocycles. The van der Waals surface area contributed by atoms with Crippen molar-refractivity contribution in [3.05, 3.63) is 119 Å². The fraction of sp³-hybridized carbons (Fsp3) is 0.396. The van der Waals surface area contributed by atoms with Crippen LogP contribution in [0.2, 0.25) is 0 Å². The monoisotopic (exact) mass is 874 g/mol. The van der Waals surface area contributed by atoms with Gasteiger partial charge in [-0.25, -0.2) is 9.97 Å². The molecule has 336 valence electrons. The molecule has 2 aromatic heterocycles. The lowest BCUT2D eigenvalue weighted by atomic mass is 9.85. The second kappa shape index (κ2) is 20.3. The number of hydrogen-bond donors (Lipinski definition) is 2. The van der Waals surface area contributed by atoms with Crippen molar-refractivity contribution in [3.8, 4) is 46.1 Å². The molecular formula is C53H58N6O6. The molecule has 4 atom stereocenters. The third-order valence-electron chi connectivity index (χ3n) is 12.6. The Hall–Kier alpha value is -6.92. The van der Waals surface area contributed by atoms with Crippen LogP contribution in [0.4, 0.5) is 0 Å². The molecule has 0 saturated carbocycles. The maximum absolute atomic E-state index is 14.0. The molecule has 4 heterocycles. The first-order valence-corrected chi connectivity index (χ1v) is 22.4. The highest BCUT2D eigenvalue weighted by atomic mass is 16.5. The van der Waals surface area contributed by atoms with Gasteiger partial charge in [0.1, 0.15) is 17.3 Å². The summed E-state index contributed by atoms with van der Waals surface area (Å²) in [5.74, 6) is 11.7. The first-order valence-electron chi connectivity index (χ1n) is 22.4. The summed E-state index contributed by atoms with van der Waals surface area (Å²) in [6.07, 6.45) is 6.64. The molecule has 2 saturated heterocycles. The maximum Gasteiger partial charge on any atom is 0.306 e. The Balaban J connectivity index is 1.13. The third kappa shape index (κ3) is 10.7. The predicted molar refractivity (Wildman–Crippen MR) is 249 cm³/mol. The molecule has 2 aliphatic rings. The van der Waals surface area contributed by atoms with Gasteiger partial charge in [-0.2, -0.15) is 0 Å². The van der Waals surface area contributed by atoms with Crippen molar-refractivity contribution in [1.82, 2.24) is 29.7 Å². The van der Waals surface area contributed by atoms with Crippen LogP contribution in [0.3, 0.4) is 0 Å². The van der Waals surface area contributed by atoms with Crippen LogP contribution in [0, 0.1) is 35.5 Å². The molecule has 65 heavy (non-hydrogen) atoms. The number of H-pyrrole nitrogens is 2. The Morgan fingerprint density at radius 2 is 1.38 bits per heavy atom. The average Bonchev–Trinajstić information content (AvgIpc) is 4.16. The first kappa shape index (κ1) is 46.1. The summed E-state index contributed by atoms with van der Waals surface area (Å²) in [4.78, 5) is 72.3. The number of imidazole rings is 2. The Morgan fingerprint density at radius 1 is 0.738 bits per heavy atom. The topological polar surface area (TPSA) is 151 Å². The number of likely N-dealkylation sites (tertiary alicyclic amines) is 2. The summed E-state index contributed by atoms with van der Waals surface area (Å²) >= 11 is 0. The summed E-state index contributed by atoms with van der Waals surface area (Å²) < 4.78 is 9.85. The van der Waals surface area contributed by atoms with Crippen LogP contribution in [0.25, 0.3) is 22.4 Å². The van der Waals surface area contributed by atoms with Crippen LogP contribution in [-0.2, 0) is 34.1 Å². The molecule has 3 aromatic carbocycles. The lowest BCUT2D eigenvalue weighted by Gasteiger charge is -2.29. The summed E-state index contributed by atoms with van der Waals surface area (Å²) in [6, 6.07) is 23.5. The number of aromatic nitrogens is 4. The van der Waals surface area contributed by atoms with Gasteiger partial charge in [0.15, 0.2) is 0 Å². The van der Waals surface area contributed by atoms with Crippen LogP contribution in [0.15, 0.2) is 85.2 Å². The molecule has 2 aliphatic heterocycles. The van der Waals surface area contributed by atoms with Crippen LogP contribution in [-0.4, -0.2) is 80.8 Å². The van der Waals surface area contributed by atoms with Gasteiger partial charge < -0.3 is 29.2 Å². The number of carbonyl (C=O) groups excluding carboxylic acids is 4. The van der Waals surface area contributed by atoms with Gasteiger partial charge >= 0.3 is 11.9 Å². The fourth-order valence-electron chi connectivity index (χ4n) is 8.83. The summed E-state index contributed by atoms with van der Waals surface area (Å²) in [5, 5.41) is 0. The Labute approximate surface area is 381 Å². The normalized spacial score (nSPS) is 16.9. The smallest absolute Gasteiger partial charge is 0.306 e. The largest absolute Gasteiger partial charge is 0.469 e. The van der Waals surface area contributed by atoms with Crippen molar-refractivity contribution in [2.75, 3.05) is 27.3 Å². The summed E-state index contributed by atoms with van der Waals surface area (Å²) in [7, 11) is 2.68. The summed E-state index contributed by atoms with van der Waals surface area (Å²) in [5.41, 5.74) is 6.97. The summed E-state index contributed by atoms with van der Waals surface area (Å²) in [6.45, 7) is 11.7. The highest BCUT2D eigenvalue weighted by molar-refractivity contribution is 5.89. The Bertz CT molecular complexity index is 2650. The zero-order valence-electron chi connectivity index (χ0n) is 38.4. The van der Waals surface area contributed by atoms with E-state index < -0.39 is 17.8 Å². The van der Waals surface area contributed by atoms with Gasteiger partial charge in [-0.3, -0.25) is 19.2 Å². The average molecular weight is 875 g/mol. The van der Waals surface area contributed by atoms with E-state index in [4.69, 9.17) is 14.5 Å². The number of rotatable bonds is 12. The lowest BCUT2D eigenvalue weighted by Crippen LogP contribution is -2.39. The van der Waals surface area contributed by atoms with E-state index in [1.165, 1.54) is 19.8 Å². The number of ether oxygens (including phenoxy) is 2. The van der Waals surface area contributed by atoms with Crippen molar-refractivity contribution >= 4 is 23.8 Å². The molecule has 0 bridgehead atoms. The number of amides is 2. The van der Waals surface area contributed by atoms with Gasteiger partial charge in [0.05, 0.1) is 69.1 Å². The van der Waals surface area contributed by atoms with Crippen molar-refractivity contribution in [3.63, 3.8) is 0 Å². The second-order valence-corrected chi connectivity index (χ2v) is 18.2. The number of nitrogens with zero attached hydrogens (tertiary/aromatic N) is 4. The highest BCUT2D eigenvalue weighted by Crippen LogP contribution is 2.37. The number of benzene rings is 3. The molecule has 2 amide bonds. The van der Waals surface area contributed by atoms with E-state index in [9.17, 15) is 19.2 Å². The van der Waals surface area contributed by atoms with Gasteiger partial charge in [0, 0.05) is 24.2 Å². The van der Waals surface area contributed by atoms with Gasteiger partial charge in [-0.15, -0.1) is 0 Å². The quantitative estimate of drug-likeness (QED) is 0.0934. The minimum atomic E-state index is -0.662. The SMILES string of the molecule is COC(=O)C[C@H](C(=O)N1CCC[C@H]1c1ncc(-c2ccc(C#CC#Cc3cnc([C@@H]4CCCN4C(=O)[C@H](CC(=O)OC)c4ccccc4)[nH]3)c(-c3cccc(C(C)(C)C)c3)c2)[nH]1)C(C)C. The molecule has 12 heteroatoms. The highest BCUT2D eigenvalue weighted by Gasteiger charge is 2.39. The van der Waals surface area contributed by atoms with Crippen LogP contribution in [0.1, 0.15) is 125 Å². The first-order chi connectivity index (χ1) is 31.2. The van der Waals surface area contributed by atoms with E-state index in [2.05, 4.69) is 89.7 Å². The van der Waals surface area contributed by atoms with Gasteiger partial charge in [-0.1, -0.05) is 101 Å². The number of nitrogens with one attached hydrogen (secondary N) is 2. The minimum Gasteiger partial charge on any atom is -0.469 e. The van der Waals surface area contributed by atoms with Crippen molar-refractivity contribution in [2.45, 2.75) is 96.6 Å². The number of esters is 2. The molecule has 0 unspecified atom stereocenters. The van der Waals surface area contributed by atoms with E-state index >= 15 is 0 Å². The van der Waals surface area contributed by atoms with Gasteiger partial charge in [0.25, 0.3) is 0 Å². The van der Waals surface area contributed by atoms with E-state index in [1.54, 1.807) is 6.20 Å². The molecule has 12 nitrogen and oxygen atoms in total. The molecule has 0 spiro atoms. The standard InChI is InChI=1S/C53H58N6O6/c1-34(2)41(30-47(60)64-6)51(62)58-26-15-23-46(58)50-55-33-44(57-50)38-25-24-36(42(29-38)37-19-13-20-39(28-37)53(3,4)5)18-11-12-21-40-32-54-49(56-40)45-22-14-27-59(45)52(63)43(31-48(61)65-7)35-16-9-8-10-17-35/h8-10,13,16-17,19-20,24-25,28-29,32-34,41,43,45-46H,14-15,22-23,26-27,30-31H2,1-7H3,(H,54,56)(H,55,57)/t41-,43+,45-,46-/m0/s1. The fourth-order valence-corrected chi connectivity index (χ4v) is 8.83. The second-order valence-electron chi connectivity index (χ2n) is 18.2. The maximum atomic E-state index is 14.0. The van der Waals surface area contributed by atoms with Crippen molar-refractivity contribution in [1.29, 1.82) is 0 Å². The van der Waals surface area contributed by atoms with E-state index in [1.807, 2.05) is 72.3 Å². The van der Waals surface area contributed by atoms with Crippen molar-refractivity contribution in [2.24, 2.45) is 11.8 Å². The number of methoxy groups -OCH3 is 2. The van der Waals surface area contributed by atoms with E-state index in [0.29, 0.717) is 30.4 Å². The number of aromatic amines is 2. The van der Waals surface area contributed by atoms with Crippen LogP contribution < -0.4 is 0 Å². The van der Waals surface area contributed by atoms with Gasteiger partial charge in [0.2, 0.25) is 11.8 Å². The predicted octanol–water partition coefficient (Wildman–Crippen LogP) is 8.68. The Morgan fingerprint density at radius 3 is 2.06 bits per heavy atom. The lowest BCUT2D eigenvalue weighted by molar-refractivity contribution is -0.148. The number of hydrogen-bond acceptors (Lipinski definition) is 8. The molecular weight excluding hydrogens is 817 g/mol. The molecule has 5 aromatic rings. The molecule has 7 rings (SSSR count). The zero-order valence-corrected chi connectivity index (χ0v) is 38.4. The minimum absolute atomic E-state index is 0.0243. The molecule has 2 fully saturated rings. The van der Waals surface area contributed by atoms with Crippen LogP contribution in [0.5, 0.6) is 0 Å². The van der Waals surface area contributed by atoms with E-state index in [-0.39, 0.29) is 54.0 Å². The molecule has 0 radical (unpaired) electrons.